The van der Waals surface area contributed by atoms with Gasteiger partial charge in [0.1, 0.15) is 12.4 Å². The largest absolute Gasteiger partial charge is 0.486 e. The normalized spacial score (nSPS) is 10.7. The zero-order chi connectivity index (χ0) is 23.0. The first-order valence-electron chi connectivity index (χ1n) is 10.4. The Labute approximate surface area is 205 Å². The Kier molecular flexibility index (Phi) is 7.80. The molecule has 1 N–H and O–H groups in total. The second kappa shape index (κ2) is 11.2. The van der Waals surface area contributed by atoms with Crippen molar-refractivity contribution in [2.24, 2.45) is 0 Å². The topological polar surface area (TPSA) is 69.0 Å². The Bertz CT molecular complexity index is 1200. The number of rotatable bonds is 9. The van der Waals surface area contributed by atoms with Crippen LogP contribution in [-0.4, -0.2) is 26.4 Å². The number of hydrogen-bond donors (Lipinski definition) is 1. The van der Waals surface area contributed by atoms with Crippen LogP contribution in [0.3, 0.4) is 0 Å². The molecule has 4 aromatic rings. The number of benzene rings is 3. The van der Waals surface area contributed by atoms with Crippen LogP contribution < -0.4 is 10.1 Å². The van der Waals surface area contributed by atoms with Gasteiger partial charge in [0.25, 0.3) is 0 Å². The number of carbonyl (C=O) groups excluding carboxylic acids is 1. The lowest BCUT2D eigenvalue weighted by Crippen LogP contribution is -2.15. The lowest BCUT2D eigenvalue weighted by Gasteiger charge is -2.12. The number of carbonyl (C=O) groups is 1. The Morgan fingerprint density at radius 1 is 1.00 bits per heavy atom. The van der Waals surface area contributed by atoms with Crippen LogP contribution >= 0.6 is 27.7 Å². The monoisotopic (exact) mass is 522 g/mol. The number of hydrogen-bond acceptors (Lipinski definition) is 5. The number of nitrogens with zero attached hydrogens (tertiary/aromatic N) is 3. The van der Waals surface area contributed by atoms with E-state index in [-0.39, 0.29) is 18.3 Å². The fourth-order valence-electron chi connectivity index (χ4n) is 3.09. The number of nitrogens with one attached hydrogen (secondary N) is 1. The molecule has 0 aliphatic carbocycles. The summed E-state index contributed by atoms with van der Waals surface area (Å²) in [4.78, 5) is 12.5. The number of anilines is 1. The van der Waals surface area contributed by atoms with E-state index in [2.05, 4.69) is 31.4 Å². The van der Waals surface area contributed by atoms with Crippen LogP contribution in [0.15, 0.2) is 88.5 Å². The lowest BCUT2D eigenvalue weighted by molar-refractivity contribution is -0.113. The number of para-hydroxylation sites is 1. The van der Waals surface area contributed by atoms with Crippen LogP contribution in [0.2, 0.25) is 0 Å². The Balaban J connectivity index is 1.46. The summed E-state index contributed by atoms with van der Waals surface area (Å²) in [5.74, 6) is 1.60. The van der Waals surface area contributed by atoms with Gasteiger partial charge in [-0.1, -0.05) is 75.7 Å². The molecule has 33 heavy (non-hydrogen) atoms. The predicted molar refractivity (Wildman–Crippen MR) is 135 cm³/mol. The Morgan fingerprint density at radius 2 is 1.73 bits per heavy atom. The first kappa shape index (κ1) is 23.1. The summed E-state index contributed by atoms with van der Waals surface area (Å²) in [6.45, 7) is 2.87. The minimum atomic E-state index is -0.0934. The van der Waals surface area contributed by atoms with Crippen molar-refractivity contribution < 1.29 is 9.53 Å². The van der Waals surface area contributed by atoms with Gasteiger partial charge < -0.3 is 10.1 Å². The Hall–Kier alpha value is -3.10. The third-order valence-corrected chi connectivity index (χ3v) is 6.32. The molecule has 1 aromatic heterocycles. The summed E-state index contributed by atoms with van der Waals surface area (Å²) in [5, 5.41) is 12.3. The third-order valence-electron chi connectivity index (χ3n) is 4.83. The SMILES string of the molecule is Cc1ccc(NC(=O)CSc2nnc(COc3ccccc3)n2Cc2ccc(Br)cc2)cc1. The van der Waals surface area contributed by atoms with Crippen molar-refractivity contribution >= 4 is 39.3 Å². The van der Waals surface area contributed by atoms with E-state index < -0.39 is 0 Å². The van der Waals surface area contributed by atoms with Gasteiger partial charge in [0.15, 0.2) is 11.0 Å². The van der Waals surface area contributed by atoms with Crippen molar-refractivity contribution in [3.05, 3.63) is 100 Å². The zero-order valence-electron chi connectivity index (χ0n) is 18.1. The molecule has 6 nitrogen and oxygen atoms in total. The summed E-state index contributed by atoms with van der Waals surface area (Å²) in [6.07, 6.45) is 0. The minimum Gasteiger partial charge on any atom is -0.486 e. The molecule has 8 heteroatoms. The highest BCUT2D eigenvalue weighted by Crippen LogP contribution is 2.21. The van der Waals surface area contributed by atoms with E-state index in [0.717, 1.165) is 27.0 Å². The first-order chi connectivity index (χ1) is 16.1. The van der Waals surface area contributed by atoms with Crippen molar-refractivity contribution in [2.45, 2.75) is 25.2 Å². The summed E-state index contributed by atoms with van der Waals surface area (Å²) in [5.41, 5.74) is 3.03. The average Bonchev–Trinajstić information content (AvgIpc) is 3.21. The summed E-state index contributed by atoms with van der Waals surface area (Å²) >= 11 is 4.83. The number of aryl methyl sites for hydroxylation is 1. The molecular weight excluding hydrogens is 500 g/mol. The van der Waals surface area contributed by atoms with Crippen LogP contribution in [0, 0.1) is 6.92 Å². The third kappa shape index (κ3) is 6.69. The van der Waals surface area contributed by atoms with Crippen LogP contribution in [-0.2, 0) is 17.9 Å². The van der Waals surface area contributed by atoms with Crippen molar-refractivity contribution in [1.29, 1.82) is 0 Å². The zero-order valence-corrected chi connectivity index (χ0v) is 20.5. The maximum absolute atomic E-state index is 12.5. The fourth-order valence-corrected chi connectivity index (χ4v) is 4.11. The molecule has 0 aliphatic heterocycles. The number of ether oxygens (including phenoxy) is 1. The molecule has 0 fully saturated rings. The van der Waals surface area contributed by atoms with Gasteiger partial charge in [-0.25, -0.2) is 0 Å². The van der Waals surface area contributed by atoms with Gasteiger partial charge in [-0.15, -0.1) is 10.2 Å². The highest BCUT2D eigenvalue weighted by molar-refractivity contribution is 9.10. The van der Waals surface area contributed by atoms with Gasteiger partial charge in [-0.05, 0) is 48.9 Å². The van der Waals surface area contributed by atoms with E-state index in [9.17, 15) is 4.79 Å². The predicted octanol–water partition coefficient (Wildman–Crippen LogP) is 5.71. The van der Waals surface area contributed by atoms with E-state index in [1.165, 1.54) is 11.8 Å². The molecule has 0 aliphatic rings. The van der Waals surface area contributed by atoms with E-state index in [1.54, 1.807) is 0 Å². The quantitative estimate of drug-likeness (QED) is 0.285. The van der Waals surface area contributed by atoms with Crippen LogP contribution in [0.4, 0.5) is 5.69 Å². The lowest BCUT2D eigenvalue weighted by atomic mass is 10.2. The summed E-state index contributed by atoms with van der Waals surface area (Å²) in [7, 11) is 0. The fraction of sp³-hybridized carbons (Fsp3) is 0.160. The molecule has 3 aromatic carbocycles. The standard InChI is InChI=1S/C25H23BrN4O2S/c1-18-7-13-21(14-8-18)27-24(31)17-33-25-29-28-23(16-32-22-5-3-2-4-6-22)30(25)15-19-9-11-20(26)12-10-19/h2-14H,15-17H2,1H3,(H,27,31). The molecule has 0 spiro atoms. The first-order valence-corrected chi connectivity index (χ1v) is 12.2. The van der Waals surface area contributed by atoms with E-state index in [4.69, 9.17) is 4.74 Å². The van der Waals surface area contributed by atoms with Gasteiger partial charge in [-0.3, -0.25) is 9.36 Å². The van der Waals surface area contributed by atoms with Gasteiger partial charge >= 0.3 is 0 Å². The van der Waals surface area contributed by atoms with Gasteiger partial charge in [0.2, 0.25) is 5.91 Å². The molecule has 0 saturated heterocycles. The van der Waals surface area contributed by atoms with Crippen LogP contribution in [0.25, 0.3) is 0 Å². The molecule has 1 amide bonds. The minimum absolute atomic E-state index is 0.0934. The van der Waals surface area contributed by atoms with Crippen molar-refractivity contribution in [3.63, 3.8) is 0 Å². The summed E-state index contributed by atoms with van der Waals surface area (Å²) < 4.78 is 8.91. The highest BCUT2D eigenvalue weighted by atomic mass is 79.9. The molecule has 0 unspecified atom stereocenters. The van der Waals surface area contributed by atoms with Gasteiger partial charge in [0, 0.05) is 10.2 Å². The number of aromatic nitrogens is 3. The van der Waals surface area contributed by atoms with Crippen molar-refractivity contribution in [1.82, 2.24) is 14.8 Å². The molecule has 4 rings (SSSR count). The van der Waals surface area contributed by atoms with E-state index in [0.29, 0.717) is 17.5 Å². The van der Waals surface area contributed by atoms with Crippen LogP contribution in [0.1, 0.15) is 17.0 Å². The van der Waals surface area contributed by atoms with Gasteiger partial charge in [0.05, 0.1) is 12.3 Å². The molecule has 0 saturated carbocycles. The maximum atomic E-state index is 12.5. The second-order valence-electron chi connectivity index (χ2n) is 7.42. The second-order valence-corrected chi connectivity index (χ2v) is 9.27. The highest BCUT2D eigenvalue weighted by Gasteiger charge is 2.16. The smallest absolute Gasteiger partial charge is 0.234 e. The Morgan fingerprint density at radius 3 is 2.45 bits per heavy atom. The molecule has 0 radical (unpaired) electrons. The van der Waals surface area contributed by atoms with Crippen molar-refractivity contribution in [3.8, 4) is 5.75 Å². The van der Waals surface area contributed by atoms with E-state index >= 15 is 0 Å². The molecule has 0 atom stereocenters. The number of amides is 1. The van der Waals surface area contributed by atoms with Crippen molar-refractivity contribution in [2.75, 3.05) is 11.1 Å². The van der Waals surface area contributed by atoms with E-state index in [1.807, 2.05) is 90.4 Å². The number of thioether (sulfide) groups is 1. The summed E-state index contributed by atoms with van der Waals surface area (Å²) in [6, 6.07) is 25.4. The number of halogens is 1. The van der Waals surface area contributed by atoms with Crippen LogP contribution in [0.5, 0.6) is 5.75 Å². The molecular formula is C25H23BrN4O2S. The molecule has 0 bridgehead atoms. The molecule has 168 valence electrons. The maximum Gasteiger partial charge on any atom is 0.234 e. The molecule has 1 heterocycles. The average molecular weight is 523 g/mol. The van der Waals surface area contributed by atoms with Gasteiger partial charge in [-0.2, -0.15) is 0 Å².